The summed E-state index contributed by atoms with van der Waals surface area (Å²) in [5.74, 6) is 1.51. The number of hydrogen-bond donors (Lipinski definition) is 1. The van der Waals surface area contributed by atoms with Crippen LogP contribution in [0.15, 0.2) is 47.1 Å². The number of nitrogens with zero attached hydrogens (tertiary/aromatic N) is 1. The molecular weight excluding hydrogens is 320 g/mol. The van der Waals surface area contributed by atoms with Crippen molar-refractivity contribution >= 4 is 15.9 Å². The maximum absolute atomic E-state index is 5.62. The fourth-order valence-electron chi connectivity index (χ4n) is 1.64. The van der Waals surface area contributed by atoms with Crippen LogP contribution in [0.25, 0.3) is 0 Å². The molecule has 1 N–H and O–H groups in total. The van der Waals surface area contributed by atoms with Crippen LogP contribution in [-0.4, -0.2) is 25.2 Å². The Morgan fingerprint density at radius 3 is 2.60 bits per heavy atom. The lowest BCUT2D eigenvalue weighted by Crippen LogP contribution is -2.20. The van der Waals surface area contributed by atoms with Crippen molar-refractivity contribution in [3.63, 3.8) is 0 Å². The number of rotatable bonds is 7. The van der Waals surface area contributed by atoms with Crippen molar-refractivity contribution in [1.29, 1.82) is 0 Å². The molecule has 0 unspecified atom stereocenters. The van der Waals surface area contributed by atoms with Gasteiger partial charge in [0.15, 0.2) is 0 Å². The summed E-state index contributed by atoms with van der Waals surface area (Å²) >= 11 is 3.39. The zero-order valence-corrected chi connectivity index (χ0v) is 12.9. The van der Waals surface area contributed by atoms with Crippen LogP contribution in [0, 0.1) is 0 Å². The van der Waals surface area contributed by atoms with Crippen LogP contribution in [0.1, 0.15) is 5.56 Å². The van der Waals surface area contributed by atoms with Crippen molar-refractivity contribution in [1.82, 2.24) is 10.3 Å². The van der Waals surface area contributed by atoms with Gasteiger partial charge in [0.2, 0.25) is 5.88 Å². The summed E-state index contributed by atoms with van der Waals surface area (Å²) in [6.45, 7) is 2.17. The fraction of sp³-hybridized carbons (Fsp3) is 0.267. The molecule has 106 valence electrons. The molecule has 0 amide bonds. The second kappa shape index (κ2) is 7.87. The maximum atomic E-state index is 5.62. The molecule has 20 heavy (non-hydrogen) atoms. The lowest BCUT2D eigenvalue weighted by molar-refractivity contribution is 0.313. The topological polar surface area (TPSA) is 43.4 Å². The molecule has 1 heterocycles. The van der Waals surface area contributed by atoms with E-state index in [1.165, 1.54) is 0 Å². The van der Waals surface area contributed by atoms with Crippen molar-refractivity contribution in [3.05, 3.63) is 52.6 Å². The van der Waals surface area contributed by atoms with Crippen molar-refractivity contribution in [2.45, 2.75) is 6.54 Å². The van der Waals surface area contributed by atoms with E-state index in [0.29, 0.717) is 12.5 Å². The number of halogens is 1. The molecule has 1 aromatic carbocycles. The summed E-state index contributed by atoms with van der Waals surface area (Å²) in [6, 6.07) is 11.7. The van der Waals surface area contributed by atoms with Crippen molar-refractivity contribution in [2.75, 3.05) is 20.3 Å². The van der Waals surface area contributed by atoms with Gasteiger partial charge < -0.3 is 14.8 Å². The second-order valence-corrected chi connectivity index (χ2v) is 5.10. The maximum Gasteiger partial charge on any atom is 0.212 e. The highest BCUT2D eigenvalue weighted by atomic mass is 79.9. The Morgan fingerprint density at radius 1 is 1.15 bits per heavy atom. The fourth-order valence-corrected chi connectivity index (χ4v) is 1.91. The third-order valence-electron chi connectivity index (χ3n) is 2.70. The SMILES string of the molecule is COc1ccc(CNCCOc2ccc(Br)cc2)cn1. The molecule has 0 spiro atoms. The van der Waals surface area contributed by atoms with Gasteiger partial charge in [0.05, 0.1) is 7.11 Å². The molecule has 2 rings (SSSR count). The zero-order chi connectivity index (χ0) is 14.2. The summed E-state index contributed by atoms with van der Waals surface area (Å²) < 4.78 is 11.7. The third kappa shape index (κ3) is 4.83. The number of pyridine rings is 1. The minimum absolute atomic E-state index is 0.630. The Kier molecular flexibility index (Phi) is 5.83. The number of ether oxygens (including phenoxy) is 2. The Hall–Kier alpha value is -1.59. The first-order valence-electron chi connectivity index (χ1n) is 6.36. The number of aromatic nitrogens is 1. The largest absolute Gasteiger partial charge is 0.492 e. The zero-order valence-electron chi connectivity index (χ0n) is 11.3. The predicted octanol–water partition coefficient (Wildman–Crippen LogP) is 3.02. The smallest absolute Gasteiger partial charge is 0.212 e. The van der Waals surface area contributed by atoms with Gasteiger partial charge in [0, 0.05) is 29.8 Å². The standard InChI is InChI=1S/C15H17BrN2O2/c1-19-15-7-2-12(11-18-15)10-17-8-9-20-14-5-3-13(16)4-6-14/h2-7,11,17H,8-10H2,1H3. The van der Waals surface area contributed by atoms with E-state index in [-0.39, 0.29) is 0 Å². The normalized spacial score (nSPS) is 10.3. The van der Waals surface area contributed by atoms with Gasteiger partial charge in [-0.25, -0.2) is 4.98 Å². The van der Waals surface area contributed by atoms with Crippen LogP contribution in [0.2, 0.25) is 0 Å². The molecule has 0 saturated carbocycles. The van der Waals surface area contributed by atoms with E-state index >= 15 is 0 Å². The molecule has 0 fully saturated rings. The highest BCUT2D eigenvalue weighted by molar-refractivity contribution is 9.10. The van der Waals surface area contributed by atoms with Gasteiger partial charge in [-0.2, -0.15) is 0 Å². The van der Waals surface area contributed by atoms with Crippen molar-refractivity contribution < 1.29 is 9.47 Å². The first-order chi connectivity index (χ1) is 9.78. The molecule has 4 nitrogen and oxygen atoms in total. The van der Waals surface area contributed by atoms with E-state index in [2.05, 4.69) is 26.2 Å². The second-order valence-electron chi connectivity index (χ2n) is 4.19. The van der Waals surface area contributed by atoms with Gasteiger partial charge in [-0.1, -0.05) is 22.0 Å². The van der Waals surface area contributed by atoms with E-state index in [0.717, 1.165) is 28.9 Å². The summed E-state index contributed by atoms with van der Waals surface area (Å²) in [5.41, 5.74) is 1.12. The van der Waals surface area contributed by atoms with Gasteiger partial charge in [-0.15, -0.1) is 0 Å². The lowest BCUT2D eigenvalue weighted by atomic mass is 10.3. The summed E-state index contributed by atoms with van der Waals surface area (Å²) in [5, 5.41) is 3.31. The van der Waals surface area contributed by atoms with Crippen LogP contribution >= 0.6 is 15.9 Å². The molecule has 0 aliphatic heterocycles. The van der Waals surface area contributed by atoms with Crippen LogP contribution in [0.3, 0.4) is 0 Å². The Morgan fingerprint density at radius 2 is 1.95 bits per heavy atom. The Labute approximate surface area is 127 Å². The van der Waals surface area contributed by atoms with Crippen molar-refractivity contribution in [3.8, 4) is 11.6 Å². The van der Waals surface area contributed by atoms with Gasteiger partial charge in [0.25, 0.3) is 0 Å². The Balaban J connectivity index is 1.64. The molecule has 0 aliphatic rings. The summed E-state index contributed by atoms with van der Waals surface area (Å²) in [7, 11) is 1.61. The minimum atomic E-state index is 0.630. The summed E-state index contributed by atoms with van der Waals surface area (Å²) in [6.07, 6.45) is 1.81. The molecule has 1 aromatic heterocycles. The first-order valence-corrected chi connectivity index (χ1v) is 7.15. The van der Waals surface area contributed by atoms with Gasteiger partial charge in [-0.3, -0.25) is 0 Å². The summed E-state index contributed by atoms with van der Waals surface area (Å²) in [4.78, 5) is 4.15. The first kappa shape index (κ1) is 14.8. The molecular formula is C15H17BrN2O2. The third-order valence-corrected chi connectivity index (χ3v) is 3.23. The van der Waals surface area contributed by atoms with Gasteiger partial charge in [-0.05, 0) is 29.8 Å². The Bertz CT molecular complexity index is 514. The monoisotopic (exact) mass is 336 g/mol. The van der Waals surface area contributed by atoms with E-state index in [1.54, 1.807) is 13.3 Å². The molecule has 0 atom stereocenters. The number of nitrogens with one attached hydrogen (secondary N) is 1. The van der Waals surface area contributed by atoms with Gasteiger partial charge >= 0.3 is 0 Å². The number of benzene rings is 1. The van der Waals surface area contributed by atoms with Crippen LogP contribution in [0.5, 0.6) is 11.6 Å². The van der Waals surface area contributed by atoms with Gasteiger partial charge in [0.1, 0.15) is 12.4 Å². The van der Waals surface area contributed by atoms with E-state index in [4.69, 9.17) is 9.47 Å². The van der Waals surface area contributed by atoms with Crippen LogP contribution < -0.4 is 14.8 Å². The average Bonchev–Trinajstić information content (AvgIpc) is 2.49. The van der Waals surface area contributed by atoms with Crippen LogP contribution in [0.4, 0.5) is 0 Å². The quantitative estimate of drug-likeness (QED) is 0.789. The molecule has 0 aliphatic carbocycles. The molecule has 0 bridgehead atoms. The highest BCUT2D eigenvalue weighted by Gasteiger charge is 1.96. The average molecular weight is 337 g/mol. The molecule has 0 radical (unpaired) electrons. The molecule has 5 heteroatoms. The molecule has 2 aromatic rings. The predicted molar refractivity (Wildman–Crippen MR) is 82.1 cm³/mol. The highest BCUT2D eigenvalue weighted by Crippen LogP contribution is 2.15. The number of hydrogen-bond acceptors (Lipinski definition) is 4. The van der Waals surface area contributed by atoms with E-state index in [1.807, 2.05) is 36.4 Å². The van der Waals surface area contributed by atoms with Crippen LogP contribution in [-0.2, 0) is 6.54 Å². The lowest BCUT2D eigenvalue weighted by Gasteiger charge is -2.08. The minimum Gasteiger partial charge on any atom is -0.492 e. The van der Waals surface area contributed by atoms with Crippen molar-refractivity contribution in [2.24, 2.45) is 0 Å². The number of methoxy groups -OCH3 is 1. The van der Waals surface area contributed by atoms with E-state index in [9.17, 15) is 0 Å². The molecule has 0 saturated heterocycles. The van der Waals surface area contributed by atoms with E-state index < -0.39 is 0 Å².